The lowest BCUT2D eigenvalue weighted by Gasteiger charge is -2.61. The Morgan fingerprint density at radius 2 is 1.21 bits per heavy atom. The van der Waals surface area contributed by atoms with Crippen molar-refractivity contribution in [2.45, 2.75) is 69.0 Å². The second-order valence-corrected chi connectivity index (χ2v) is 10.0. The molecule has 2 fully saturated rings. The predicted molar refractivity (Wildman–Crippen MR) is 140 cm³/mol. The molecule has 6 atom stereocenters. The van der Waals surface area contributed by atoms with Gasteiger partial charge in [0.2, 0.25) is 0 Å². The van der Waals surface area contributed by atoms with Crippen molar-refractivity contribution in [1.82, 2.24) is 0 Å². The van der Waals surface area contributed by atoms with E-state index in [1.807, 2.05) is 91.0 Å². The van der Waals surface area contributed by atoms with E-state index < -0.39 is 35.8 Å². The van der Waals surface area contributed by atoms with E-state index in [0.29, 0.717) is 6.61 Å². The van der Waals surface area contributed by atoms with E-state index in [4.69, 9.17) is 23.7 Å². The first-order valence-corrected chi connectivity index (χ1v) is 12.9. The molecule has 0 radical (unpaired) electrons. The predicted octanol–water partition coefficient (Wildman–Crippen LogP) is 4.21. The second kappa shape index (κ2) is 11.5. The normalized spacial score (nSPS) is 30.8. The minimum absolute atomic E-state index is 0.0179. The summed E-state index contributed by atoms with van der Waals surface area (Å²) in [5.74, 6) is -0.314. The number of Topliss-reactive ketones (excluding diaryl/α,β-unsaturated/α-hetero) is 1. The Kier molecular flexibility index (Phi) is 8.04. The van der Waals surface area contributed by atoms with Crippen molar-refractivity contribution in [1.29, 1.82) is 0 Å². The number of carbonyl (C=O) groups excluding carboxylic acids is 1. The fourth-order valence-corrected chi connectivity index (χ4v) is 5.24. The fraction of sp³-hybridized carbons (Fsp3) is 0.387. The van der Waals surface area contributed by atoms with Gasteiger partial charge in [0.1, 0.15) is 23.9 Å². The van der Waals surface area contributed by atoms with Gasteiger partial charge in [-0.15, -0.1) is 0 Å². The Morgan fingerprint density at radius 1 is 0.763 bits per heavy atom. The van der Waals surface area contributed by atoms with Crippen molar-refractivity contribution < 1.29 is 33.6 Å². The molecule has 1 aliphatic heterocycles. The number of hydrogen-bond donors (Lipinski definition) is 1. The molecule has 3 aromatic rings. The molecule has 1 saturated carbocycles. The Morgan fingerprint density at radius 3 is 1.63 bits per heavy atom. The van der Waals surface area contributed by atoms with Crippen LogP contribution in [0.5, 0.6) is 0 Å². The van der Waals surface area contributed by atoms with E-state index in [0.717, 1.165) is 16.7 Å². The summed E-state index contributed by atoms with van der Waals surface area (Å²) in [5, 5.41) is 11.3. The van der Waals surface area contributed by atoms with Crippen LogP contribution in [0.2, 0.25) is 0 Å². The molecule has 2 aliphatic rings. The number of hydrogen-bond acceptors (Lipinski definition) is 7. The van der Waals surface area contributed by atoms with Crippen LogP contribution in [0.1, 0.15) is 30.0 Å². The number of rotatable bonds is 10. The third kappa shape index (κ3) is 5.18. The molecule has 3 aromatic carbocycles. The van der Waals surface area contributed by atoms with Gasteiger partial charge in [-0.2, -0.15) is 0 Å². The first kappa shape index (κ1) is 26.7. The summed E-state index contributed by atoms with van der Waals surface area (Å²) in [7, 11) is 1.52. The summed E-state index contributed by atoms with van der Waals surface area (Å²) >= 11 is 0. The number of benzene rings is 3. The van der Waals surface area contributed by atoms with Gasteiger partial charge in [0.25, 0.3) is 0 Å². The third-order valence-corrected chi connectivity index (χ3v) is 7.54. The summed E-state index contributed by atoms with van der Waals surface area (Å²) in [5.41, 5.74) is -0.221. The van der Waals surface area contributed by atoms with Crippen molar-refractivity contribution in [2.75, 3.05) is 7.11 Å². The van der Waals surface area contributed by atoms with Crippen LogP contribution in [-0.2, 0) is 48.3 Å². The molecule has 0 unspecified atom stereocenters. The molecule has 1 saturated heterocycles. The van der Waals surface area contributed by atoms with E-state index in [2.05, 4.69) is 0 Å². The minimum Gasteiger partial charge on any atom is -0.379 e. The van der Waals surface area contributed by atoms with Crippen LogP contribution in [0.4, 0.5) is 0 Å². The maximum atomic E-state index is 12.6. The molecule has 0 aromatic heterocycles. The van der Waals surface area contributed by atoms with Crippen molar-refractivity contribution in [2.24, 2.45) is 0 Å². The van der Waals surface area contributed by atoms with Gasteiger partial charge in [0, 0.05) is 13.5 Å². The largest absolute Gasteiger partial charge is 0.379 e. The maximum Gasteiger partial charge on any atom is 0.187 e. The van der Waals surface area contributed by atoms with Crippen LogP contribution in [0, 0.1) is 0 Å². The van der Waals surface area contributed by atoms with E-state index in [9.17, 15) is 9.90 Å². The van der Waals surface area contributed by atoms with E-state index >= 15 is 0 Å². The summed E-state index contributed by atoms with van der Waals surface area (Å²) < 4.78 is 31.6. The number of ketones is 1. The van der Waals surface area contributed by atoms with Crippen LogP contribution < -0.4 is 0 Å². The monoisotopic (exact) mass is 518 g/mol. The Balaban J connectivity index is 1.49. The van der Waals surface area contributed by atoms with Gasteiger partial charge in [0.15, 0.2) is 17.7 Å². The van der Waals surface area contributed by atoms with Crippen molar-refractivity contribution in [3.63, 3.8) is 0 Å². The standard InChI is InChI=1S/C31H34O7/c1-30(33)25(32)18-31(30)28(37-21-24-16-10-5-11-17-24)26(35-19-22-12-6-3-7-13-22)27(29(34-2)38-31)36-20-23-14-8-4-9-15-23/h3-17,26-29,33H,18-21H2,1-2H3/t26-,27-,28+,29+,30+,31-/m1/s1. The second-order valence-electron chi connectivity index (χ2n) is 10.0. The van der Waals surface area contributed by atoms with Crippen molar-refractivity contribution >= 4 is 5.78 Å². The molecule has 1 aliphatic carbocycles. The Labute approximate surface area is 223 Å². The average molecular weight is 519 g/mol. The molecule has 7 heteroatoms. The molecular weight excluding hydrogens is 484 g/mol. The van der Waals surface area contributed by atoms with E-state index in [1.54, 1.807) is 0 Å². The number of carbonyl (C=O) groups is 1. The highest BCUT2D eigenvalue weighted by Crippen LogP contribution is 2.52. The average Bonchev–Trinajstić information content (AvgIpc) is 2.96. The number of methoxy groups -OCH3 is 1. The highest BCUT2D eigenvalue weighted by atomic mass is 16.7. The quantitative estimate of drug-likeness (QED) is 0.431. The first-order valence-electron chi connectivity index (χ1n) is 12.9. The zero-order valence-electron chi connectivity index (χ0n) is 21.7. The highest BCUT2D eigenvalue weighted by molar-refractivity contribution is 5.96. The van der Waals surface area contributed by atoms with Gasteiger partial charge in [-0.05, 0) is 23.6 Å². The summed E-state index contributed by atoms with van der Waals surface area (Å²) in [6.07, 6.45) is -3.12. The molecule has 7 nitrogen and oxygen atoms in total. The zero-order valence-corrected chi connectivity index (χ0v) is 21.7. The SMILES string of the molecule is CO[C@H]1O[C@]2(CC(=O)[C@]2(C)O)[C@@H](OCc2ccccc2)[C@H](OCc2ccccc2)[C@H]1OCc1ccccc1. The molecule has 5 rings (SSSR count). The Hall–Kier alpha value is -2.91. The number of aliphatic hydroxyl groups is 1. The molecule has 38 heavy (non-hydrogen) atoms. The molecule has 0 bridgehead atoms. The molecule has 1 spiro atoms. The lowest BCUT2D eigenvalue weighted by atomic mass is 9.59. The fourth-order valence-electron chi connectivity index (χ4n) is 5.24. The van der Waals surface area contributed by atoms with E-state index in [-0.39, 0.29) is 25.4 Å². The molecule has 200 valence electrons. The van der Waals surface area contributed by atoms with Crippen LogP contribution in [0.15, 0.2) is 91.0 Å². The smallest absolute Gasteiger partial charge is 0.187 e. The maximum absolute atomic E-state index is 12.6. The topological polar surface area (TPSA) is 83.5 Å². The van der Waals surface area contributed by atoms with Crippen LogP contribution in [0.25, 0.3) is 0 Å². The van der Waals surface area contributed by atoms with Gasteiger partial charge in [-0.3, -0.25) is 4.79 Å². The summed E-state index contributed by atoms with van der Waals surface area (Å²) in [6, 6.07) is 29.3. The van der Waals surface area contributed by atoms with Gasteiger partial charge in [0.05, 0.1) is 19.8 Å². The lowest BCUT2D eigenvalue weighted by molar-refractivity contribution is -0.386. The summed E-state index contributed by atoms with van der Waals surface area (Å²) in [6.45, 7) is 2.30. The minimum atomic E-state index is -1.77. The molecule has 1 heterocycles. The van der Waals surface area contributed by atoms with Gasteiger partial charge >= 0.3 is 0 Å². The number of ether oxygens (including phenoxy) is 5. The van der Waals surface area contributed by atoms with Crippen molar-refractivity contribution in [3.05, 3.63) is 108 Å². The first-order chi connectivity index (χ1) is 18.4. The third-order valence-electron chi connectivity index (χ3n) is 7.54. The summed E-state index contributed by atoms with van der Waals surface area (Å²) in [4.78, 5) is 12.6. The van der Waals surface area contributed by atoms with Crippen molar-refractivity contribution in [3.8, 4) is 0 Å². The Bertz CT molecular complexity index is 1180. The van der Waals surface area contributed by atoms with Crippen LogP contribution in [0.3, 0.4) is 0 Å². The van der Waals surface area contributed by atoms with Crippen LogP contribution >= 0.6 is 0 Å². The van der Waals surface area contributed by atoms with E-state index in [1.165, 1.54) is 14.0 Å². The van der Waals surface area contributed by atoms with Crippen LogP contribution in [-0.4, -0.2) is 53.8 Å². The molecule has 0 amide bonds. The lowest BCUT2D eigenvalue weighted by Crippen LogP contribution is -2.81. The van der Waals surface area contributed by atoms with Gasteiger partial charge in [-0.1, -0.05) is 91.0 Å². The van der Waals surface area contributed by atoms with Gasteiger partial charge < -0.3 is 28.8 Å². The highest BCUT2D eigenvalue weighted by Gasteiger charge is 2.73. The molecular formula is C31H34O7. The molecule has 1 N–H and O–H groups in total. The van der Waals surface area contributed by atoms with Gasteiger partial charge in [-0.25, -0.2) is 0 Å². The zero-order chi connectivity index (χ0) is 26.6.